The lowest BCUT2D eigenvalue weighted by Crippen LogP contribution is -2.50. The molecule has 0 aliphatic heterocycles. The molecule has 25 heavy (non-hydrogen) atoms. The summed E-state index contributed by atoms with van der Waals surface area (Å²) in [5.74, 6) is -1.64. The second-order valence-electron chi connectivity index (χ2n) is 5.83. The van der Waals surface area contributed by atoms with Crippen molar-refractivity contribution >= 4 is 22.8 Å². The maximum absolute atomic E-state index is 12.3. The summed E-state index contributed by atoms with van der Waals surface area (Å²) in [5, 5.41) is 12.8. The number of nitrogens with two attached hydrogens (primary N) is 1. The monoisotopic (exact) mass is 341 g/mol. The fourth-order valence-electron chi connectivity index (χ4n) is 2.72. The fourth-order valence-corrected chi connectivity index (χ4v) is 2.72. The molecule has 8 nitrogen and oxygen atoms in total. The number of nitrogens with one attached hydrogen (secondary N) is 3. The van der Waals surface area contributed by atoms with E-state index in [4.69, 9.17) is 5.73 Å². The van der Waals surface area contributed by atoms with Gasteiger partial charge in [-0.15, -0.1) is 0 Å². The second-order valence-corrected chi connectivity index (χ2v) is 5.83. The van der Waals surface area contributed by atoms with Crippen molar-refractivity contribution in [1.82, 2.24) is 20.3 Å². The number of para-hydroxylation sites is 1. The van der Waals surface area contributed by atoms with E-state index in [2.05, 4.69) is 20.3 Å². The topological polar surface area (TPSA) is 137 Å². The Kier molecular flexibility index (Phi) is 4.80. The predicted octanol–water partition coefficient (Wildman–Crippen LogP) is 0.573. The first-order valence-electron chi connectivity index (χ1n) is 7.86. The number of carbonyl (C=O) groups is 2. The maximum atomic E-state index is 12.3. The van der Waals surface area contributed by atoms with Gasteiger partial charge in [0.05, 0.1) is 18.1 Å². The molecule has 8 heteroatoms. The molecule has 0 fully saturated rings. The van der Waals surface area contributed by atoms with Crippen molar-refractivity contribution in [3.63, 3.8) is 0 Å². The minimum atomic E-state index is -1.13. The van der Waals surface area contributed by atoms with Crippen LogP contribution in [0.15, 0.2) is 43.0 Å². The second kappa shape index (κ2) is 7.18. The van der Waals surface area contributed by atoms with Gasteiger partial charge < -0.3 is 26.1 Å². The molecule has 0 spiro atoms. The number of carboxylic acid groups (broad SMARTS) is 1. The van der Waals surface area contributed by atoms with E-state index in [0.29, 0.717) is 12.1 Å². The van der Waals surface area contributed by atoms with Crippen LogP contribution in [0.4, 0.5) is 0 Å². The third kappa shape index (κ3) is 3.86. The van der Waals surface area contributed by atoms with E-state index in [9.17, 15) is 14.7 Å². The average Bonchev–Trinajstić information content (AvgIpc) is 3.24. The van der Waals surface area contributed by atoms with Crippen LogP contribution in [-0.2, 0) is 22.4 Å². The summed E-state index contributed by atoms with van der Waals surface area (Å²) < 4.78 is 0. The molecular weight excluding hydrogens is 322 g/mol. The number of nitrogens with zero attached hydrogens (tertiary/aromatic N) is 1. The zero-order valence-electron chi connectivity index (χ0n) is 13.4. The molecule has 3 rings (SSSR count). The molecule has 1 aromatic carbocycles. The van der Waals surface area contributed by atoms with Crippen LogP contribution in [0.5, 0.6) is 0 Å². The maximum Gasteiger partial charge on any atom is 0.326 e. The molecule has 1 amide bonds. The van der Waals surface area contributed by atoms with Gasteiger partial charge in [-0.05, 0) is 18.1 Å². The molecule has 3 aromatic rings. The fraction of sp³-hybridized carbons (Fsp3) is 0.235. The van der Waals surface area contributed by atoms with Gasteiger partial charge in [0.2, 0.25) is 5.91 Å². The molecule has 2 heterocycles. The third-order valence-corrected chi connectivity index (χ3v) is 4.03. The van der Waals surface area contributed by atoms with Crippen LogP contribution in [0.2, 0.25) is 0 Å². The zero-order chi connectivity index (χ0) is 17.8. The predicted molar refractivity (Wildman–Crippen MR) is 91.8 cm³/mol. The minimum Gasteiger partial charge on any atom is -0.480 e. The molecule has 6 N–H and O–H groups in total. The normalized spacial score (nSPS) is 13.5. The van der Waals surface area contributed by atoms with Crippen molar-refractivity contribution in [2.24, 2.45) is 5.73 Å². The molecule has 0 saturated carbocycles. The number of hydrogen-bond donors (Lipinski definition) is 5. The van der Waals surface area contributed by atoms with Crippen LogP contribution in [0.1, 0.15) is 11.3 Å². The third-order valence-electron chi connectivity index (χ3n) is 4.03. The van der Waals surface area contributed by atoms with Gasteiger partial charge in [-0.3, -0.25) is 4.79 Å². The molecule has 0 saturated heterocycles. The highest BCUT2D eigenvalue weighted by atomic mass is 16.4. The summed E-state index contributed by atoms with van der Waals surface area (Å²) in [4.78, 5) is 33.5. The van der Waals surface area contributed by atoms with E-state index in [0.717, 1.165) is 16.5 Å². The van der Waals surface area contributed by atoms with Crippen molar-refractivity contribution in [2.75, 3.05) is 0 Å². The Morgan fingerprint density at radius 1 is 1.24 bits per heavy atom. The summed E-state index contributed by atoms with van der Waals surface area (Å²) in [7, 11) is 0. The van der Waals surface area contributed by atoms with Gasteiger partial charge in [-0.1, -0.05) is 18.2 Å². The Labute approximate surface area is 143 Å². The number of hydrogen-bond acceptors (Lipinski definition) is 4. The molecule has 0 bridgehead atoms. The van der Waals surface area contributed by atoms with E-state index in [-0.39, 0.29) is 6.42 Å². The number of H-pyrrole nitrogens is 2. The van der Waals surface area contributed by atoms with Crippen molar-refractivity contribution < 1.29 is 14.7 Å². The van der Waals surface area contributed by atoms with E-state index in [1.807, 2.05) is 30.5 Å². The highest BCUT2D eigenvalue weighted by molar-refractivity contribution is 5.88. The molecule has 1 unspecified atom stereocenters. The lowest BCUT2D eigenvalue weighted by atomic mass is 10.0. The number of aromatic nitrogens is 3. The molecule has 0 aliphatic rings. The first-order chi connectivity index (χ1) is 12.0. The number of amides is 1. The number of carboxylic acids is 1. The number of benzene rings is 1. The van der Waals surface area contributed by atoms with Crippen molar-refractivity contribution in [1.29, 1.82) is 0 Å². The number of fused-ring (bicyclic) bond motifs is 1. The number of carbonyl (C=O) groups excluding carboxylic acids is 1. The Morgan fingerprint density at radius 2 is 2.04 bits per heavy atom. The number of rotatable bonds is 7. The van der Waals surface area contributed by atoms with Gasteiger partial charge in [-0.2, -0.15) is 0 Å². The number of aromatic amines is 2. The van der Waals surface area contributed by atoms with Gasteiger partial charge in [0.25, 0.3) is 0 Å². The van der Waals surface area contributed by atoms with E-state index < -0.39 is 24.0 Å². The van der Waals surface area contributed by atoms with Crippen LogP contribution < -0.4 is 11.1 Å². The van der Waals surface area contributed by atoms with Crippen LogP contribution >= 0.6 is 0 Å². The summed E-state index contributed by atoms with van der Waals surface area (Å²) in [6, 6.07) is 5.79. The minimum absolute atomic E-state index is 0.0877. The van der Waals surface area contributed by atoms with Crippen molar-refractivity contribution in [2.45, 2.75) is 24.9 Å². The van der Waals surface area contributed by atoms with E-state index in [1.54, 1.807) is 6.20 Å². The van der Waals surface area contributed by atoms with Crippen molar-refractivity contribution in [3.8, 4) is 0 Å². The first kappa shape index (κ1) is 16.7. The van der Waals surface area contributed by atoms with E-state index >= 15 is 0 Å². The summed E-state index contributed by atoms with van der Waals surface area (Å²) >= 11 is 0. The summed E-state index contributed by atoms with van der Waals surface area (Å²) in [6.07, 6.45) is 5.26. The van der Waals surface area contributed by atoms with Gasteiger partial charge in [0, 0.05) is 29.7 Å². The molecule has 0 radical (unpaired) electrons. The zero-order valence-corrected chi connectivity index (χ0v) is 13.4. The number of imidazole rings is 1. The quantitative estimate of drug-likeness (QED) is 0.428. The SMILES string of the molecule is NC(Cc1c[nH]c2ccccc12)C(=O)N[C@@H](Cc1c[nH]cn1)C(=O)O. The largest absolute Gasteiger partial charge is 0.480 e. The summed E-state index contributed by atoms with van der Waals surface area (Å²) in [6.45, 7) is 0. The van der Waals surface area contributed by atoms with E-state index in [1.165, 1.54) is 6.33 Å². The summed E-state index contributed by atoms with van der Waals surface area (Å²) in [5.41, 5.74) is 8.41. The Hall–Kier alpha value is -3.13. The average molecular weight is 341 g/mol. The van der Waals surface area contributed by atoms with Crippen LogP contribution in [0, 0.1) is 0 Å². The molecule has 130 valence electrons. The first-order valence-corrected chi connectivity index (χ1v) is 7.86. The van der Waals surface area contributed by atoms with Gasteiger partial charge in [0.1, 0.15) is 6.04 Å². The van der Waals surface area contributed by atoms with Gasteiger partial charge in [-0.25, -0.2) is 9.78 Å². The highest BCUT2D eigenvalue weighted by Gasteiger charge is 2.24. The molecule has 2 aromatic heterocycles. The standard InChI is InChI=1S/C17H19N5O3/c18-13(5-10-7-20-14-4-2-1-3-12(10)14)16(23)22-15(17(24)25)6-11-8-19-9-21-11/h1-4,7-9,13,15,20H,5-6,18H2,(H,19,21)(H,22,23)(H,24,25)/t13?,15-/m0/s1. The van der Waals surface area contributed by atoms with Gasteiger partial charge >= 0.3 is 5.97 Å². The Balaban J connectivity index is 1.65. The van der Waals surface area contributed by atoms with Crippen LogP contribution in [0.3, 0.4) is 0 Å². The molecule has 2 atom stereocenters. The molecular formula is C17H19N5O3. The van der Waals surface area contributed by atoms with Crippen molar-refractivity contribution in [3.05, 3.63) is 54.2 Å². The lowest BCUT2D eigenvalue weighted by molar-refractivity contribution is -0.142. The number of aliphatic carboxylic acids is 1. The Bertz CT molecular complexity index is 871. The van der Waals surface area contributed by atoms with Crippen LogP contribution in [-0.4, -0.2) is 44.0 Å². The Morgan fingerprint density at radius 3 is 2.76 bits per heavy atom. The van der Waals surface area contributed by atoms with Crippen LogP contribution in [0.25, 0.3) is 10.9 Å². The molecule has 0 aliphatic carbocycles. The smallest absolute Gasteiger partial charge is 0.326 e. The lowest BCUT2D eigenvalue weighted by Gasteiger charge is -2.17. The highest BCUT2D eigenvalue weighted by Crippen LogP contribution is 2.18. The van der Waals surface area contributed by atoms with Gasteiger partial charge in [0.15, 0.2) is 0 Å².